The summed E-state index contributed by atoms with van der Waals surface area (Å²) in [5.74, 6) is 0.976. The van der Waals surface area contributed by atoms with E-state index in [2.05, 4.69) is 64.0 Å². The molecular weight excluding hydrogens is 565 g/mol. The van der Waals surface area contributed by atoms with E-state index in [-0.39, 0.29) is 5.92 Å². The third-order valence-corrected chi connectivity index (χ3v) is 7.28. The summed E-state index contributed by atoms with van der Waals surface area (Å²) in [6, 6.07) is 16.0. The molecule has 2 amide bonds. The number of carbonyl (C=O) groups excluding carboxylic acids is 1. The van der Waals surface area contributed by atoms with Gasteiger partial charge in [0.05, 0.1) is 39.6 Å². The first-order chi connectivity index (χ1) is 19.9. The summed E-state index contributed by atoms with van der Waals surface area (Å²) in [5.41, 5.74) is 10.7. The molecule has 4 rings (SSSR count). The number of hydrogen-bond donors (Lipinski definition) is 3. The van der Waals surface area contributed by atoms with Crippen molar-refractivity contribution >= 4 is 35.1 Å². The van der Waals surface area contributed by atoms with Gasteiger partial charge in [-0.3, -0.25) is 0 Å². The van der Waals surface area contributed by atoms with Crippen molar-refractivity contribution in [3.63, 3.8) is 0 Å². The number of urea groups is 1. The summed E-state index contributed by atoms with van der Waals surface area (Å²) in [7, 11) is 2.12. The fourth-order valence-corrected chi connectivity index (χ4v) is 5.34. The normalized spacial score (nSPS) is 15.0. The molecule has 2 heterocycles. The Balaban J connectivity index is 1.20. The molecule has 1 aromatic heterocycles. The summed E-state index contributed by atoms with van der Waals surface area (Å²) in [6.45, 7) is 5.56. The average Bonchev–Trinajstić information content (AvgIpc) is 2.96. The largest absolute Gasteiger partial charge is 0.377 e. The third kappa shape index (κ3) is 9.56. The molecule has 41 heavy (non-hydrogen) atoms. The first-order valence-electron chi connectivity index (χ1n) is 13.6. The maximum absolute atomic E-state index is 10.5. The molecule has 220 valence electrons. The lowest BCUT2D eigenvalue weighted by Gasteiger charge is -2.33. The minimum absolute atomic E-state index is 0.185. The molecule has 1 atom stereocenters. The van der Waals surface area contributed by atoms with Gasteiger partial charge in [-0.15, -0.1) is 0 Å². The van der Waals surface area contributed by atoms with Gasteiger partial charge in [0.25, 0.3) is 0 Å². The molecule has 11 heteroatoms. The van der Waals surface area contributed by atoms with Crippen LogP contribution < -0.4 is 16.4 Å². The van der Waals surface area contributed by atoms with Crippen molar-refractivity contribution in [2.24, 2.45) is 5.73 Å². The molecule has 3 aromatic rings. The molecule has 0 spiro atoms. The van der Waals surface area contributed by atoms with Crippen molar-refractivity contribution < 1.29 is 19.0 Å². The maximum Gasteiger partial charge on any atom is 0.312 e. The second-order valence-corrected chi connectivity index (χ2v) is 10.7. The first-order valence-corrected chi connectivity index (χ1v) is 14.4. The van der Waals surface area contributed by atoms with E-state index in [4.69, 9.17) is 43.1 Å². The van der Waals surface area contributed by atoms with E-state index in [1.807, 2.05) is 18.3 Å². The highest BCUT2D eigenvalue weighted by molar-refractivity contribution is 6.35. The molecule has 0 aliphatic carbocycles. The summed E-state index contributed by atoms with van der Waals surface area (Å²) in [4.78, 5) is 17.4. The number of primary amides is 1. The average molecular weight is 603 g/mol. The fraction of sp³-hybridized carbons (Fsp3) is 0.400. The number of nitrogens with one attached hydrogen (secondary N) is 2. The molecular formula is C30H37Cl2N5O4. The van der Waals surface area contributed by atoms with Crippen molar-refractivity contribution in [1.82, 2.24) is 15.2 Å². The lowest BCUT2D eigenvalue weighted by molar-refractivity contribution is 0.0173. The van der Waals surface area contributed by atoms with E-state index >= 15 is 0 Å². The van der Waals surface area contributed by atoms with Crippen LogP contribution in [0.2, 0.25) is 10.0 Å². The van der Waals surface area contributed by atoms with Crippen molar-refractivity contribution in [3.8, 4) is 11.1 Å². The monoisotopic (exact) mass is 601 g/mol. The Morgan fingerprint density at radius 2 is 1.71 bits per heavy atom. The molecule has 0 radical (unpaired) electrons. The number of nitrogens with zero attached hydrogens (tertiary/aromatic N) is 2. The fourth-order valence-electron chi connectivity index (χ4n) is 4.77. The van der Waals surface area contributed by atoms with Crippen LogP contribution in [0.15, 0.2) is 54.7 Å². The van der Waals surface area contributed by atoms with Gasteiger partial charge in [0.15, 0.2) is 0 Å². The Labute approximate surface area is 251 Å². The number of ether oxygens (including phenoxy) is 3. The zero-order valence-electron chi connectivity index (χ0n) is 23.2. The number of nitrogens with two attached hydrogens (primary N) is 1. The smallest absolute Gasteiger partial charge is 0.312 e. The number of carbonyl (C=O) groups is 1. The van der Waals surface area contributed by atoms with E-state index in [1.54, 1.807) is 0 Å². The number of halogens is 2. The number of amides is 2. The van der Waals surface area contributed by atoms with Crippen LogP contribution in [0, 0.1) is 0 Å². The Kier molecular flexibility index (Phi) is 12.0. The minimum Gasteiger partial charge on any atom is -0.377 e. The lowest BCUT2D eigenvalue weighted by Crippen LogP contribution is -2.32. The second-order valence-electron chi connectivity index (χ2n) is 9.82. The molecule has 0 bridgehead atoms. The van der Waals surface area contributed by atoms with Crippen LogP contribution in [0.1, 0.15) is 22.6 Å². The number of aromatic nitrogens is 1. The van der Waals surface area contributed by atoms with E-state index in [0.29, 0.717) is 57.8 Å². The predicted octanol–water partition coefficient (Wildman–Crippen LogP) is 4.76. The molecule has 1 aliphatic heterocycles. The molecule has 2 aromatic carbocycles. The van der Waals surface area contributed by atoms with Crippen molar-refractivity contribution in [3.05, 3.63) is 81.5 Å². The molecule has 0 unspecified atom stereocenters. The molecule has 4 N–H and O–H groups in total. The highest BCUT2D eigenvalue weighted by atomic mass is 35.5. The van der Waals surface area contributed by atoms with Gasteiger partial charge in [-0.25, -0.2) is 9.78 Å². The summed E-state index contributed by atoms with van der Waals surface area (Å²) >= 11 is 12.9. The van der Waals surface area contributed by atoms with Crippen LogP contribution in [0.5, 0.6) is 0 Å². The van der Waals surface area contributed by atoms with E-state index in [1.165, 1.54) is 11.1 Å². The zero-order chi connectivity index (χ0) is 29.0. The van der Waals surface area contributed by atoms with Crippen LogP contribution in [0.25, 0.3) is 11.1 Å². The Hall–Kier alpha value is -2.92. The predicted molar refractivity (Wildman–Crippen MR) is 163 cm³/mol. The molecule has 9 nitrogen and oxygen atoms in total. The molecule has 0 saturated heterocycles. The van der Waals surface area contributed by atoms with E-state index in [9.17, 15) is 4.79 Å². The Morgan fingerprint density at radius 3 is 2.41 bits per heavy atom. The second kappa shape index (κ2) is 15.9. The van der Waals surface area contributed by atoms with Gasteiger partial charge < -0.3 is 35.5 Å². The van der Waals surface area contributed by atoms with Crippen LogP contribution in [-0.4, -0.2) is 82.2 Å². The number of likely N-dealkylation sites (N-methyl/N-ethyl adjacent to an activating group) is 1. The van der Waals surface area contributed by atoms with E-state index in [0.717, 1.165) is 40.6 Å². The first kappa shape index (κ1) is 31.0. The SMILES string of the molecule is CN1Cc2c(Cl)cc(Cl)cc2[C@H](c2cccc(-c3ccc(NCCOCCOCCOCCNC(N)=O)nc3)c2)C1. The summed E-state index contributed by atoms with van der Waals surface area (Å²) in [5, 5.41) is 7.13. The van der Waals surface area contributed by atoms with Gasteiger partial charge in [0.2, 0.25) is 0 Å². The summed E-state index contributed by atoms with van der Waals surface area (Å²) in [6.07, 6.45) is 1.89. The lowest BCUT2D eigenvalue weighted by atomic mass is 9.84. The molecule has 0 saturated carbocycles. The highest BCUT2D eigenvalue weighted by Gasteiger charge is 2.27. The number of anilines is 1. The van der Waals surface area contributed by atoms with Gasteiger partial charge in [-0.2, -0.15) is 0 Å². The van der Waals surface area contributed by atoms with Gasteiger partial charge >= 0.3 is 6.03 Å². The quantitative estimate of drug-likeness (QED) is 0.215. The standard InChI is InChI=1S/C30H37Cl2N5O4/c1-37-19-26(25-16-24(31)17-28(32)27(25)20-37)22-4-2-3-21(15-22)23-5-6-29(36-18-23)34-7-9-39-11-13-41-14-12-40-10-8-35-30(33)38/h2-6,15-18,26H,7-14,19-20H2,1H3,(H,34,36)(H3,33,35,38)/t26-/m0/s1. The highest BCUT2D eigenvalue weighted by Crippen LogP contribution is 2.39. The van der Waals surface area contributed by atoms with Crippen LogP contribution >= 0.6 is 23.2 Å². The van der Waals surface area contributed by atoms with Gasteiger partial charge in [0, 0.05) is 53.9 Å². The van der Waals surface area contributed by atoms with Gasteiger partial charge in [0.1, 0.15) is 5.82 Å². The Bertz CT molecular complexity index is 1280. The van der Waals surface area contributed by atoms with Crippen LogP contribution in [0.3, 0.4) is 0 Å². The van der Waals surface area contributed by atoms with Crippen molar-refractivity contribution in [1.29, 1.82) is 0 Å². The van der Waals surface area contributed by atoms with Crippen molar-refractivity contribution in [2.75, 3.05) is 71.6 Å². The topological polar surface area (TPSA) is 111 Å². The number of benzene rings is 2. The van der Waals surface area contributed by atoms with Crippen LogP contribution in [0.4, 0.5) is 10.6 Å². The number of pyridine rings is 1. The molecule has 1 aliphatic rings. The zero-order valence-corrected chi connectivity index (χ0v) is 24.7. The maximum atomic E-state index is 10.5. The third-order valence-electron chi connectivity index (χ3n) is 6.72. The van der Waals surface area contributed by atoms with Gasteiger partial charge in [-0.1, -0.05) is 47.5 Å². The number of fused-ring (bicyclic) bond motifs is 1. The van der Waals surface area contributed by atoms with Crippen molar-refractivity contribution in [2.45, 2.75) is 12.5 Å². The van der Waals surface area contributed by atoms with Gasteiger partial charge in [-0.05, 0) is 53.6 Å². The minimum atomic E-state index is -0.557. The number of rotatable bonds is 15. The summed E-state index contributed by atoms with van der Waals surface area (Å²) < 4.78 is 16.4. The number of hydrogen-bond acceptors (Lipinski definition) is 7. The Morgan fingerprint density at radius 1 is 0.976 bits per heavy atom. The van der Waals surface area contributed by atoms with E-state index < -0.39 is 6.03 Å². The van der Waals surface area contributed by atoms with Crippen LogP contribution in [-0.2, 0) is 20.8 Å². The molecule has 0 fully saturated rings.